The first-order valence-corrected chi connectivity index (χ1v) is 7.38. The van der Waals surface area contributed by atoms with Crippen molar-refractivity contribution in [2.24, 2.45) is 0 Å². The van der Waals surface area contributed by atoms with Gasteiger partial charge in [0.1, 0.15) is 18.0 Å². The van der Waals surface area contributed by atoms with Crippen LogP contribution in [0.15, 0.2) is 24.3 Å². The SMILES string of the molecule is CCOC1C(Cl)CC1Oc1cccc(C(C)(C)C)c1. The van der Waals surface area contributed by atoms with Crippen LogP contribution in [0.25, 0.3) is 0 Å². The van der Waals surface area contributed by atoms with Crippen molar-refractivity contribution >= 4 is 11.6 Å². The number of ether oxygens (including phenoxy) is 2. The van der Waals surface area contributed by atoms with Crippen molar-refractivity contribution in [3.8, 4) is 5.75 Å². The molecule has 0 saturated heterocycles. The third-order valence-corrected chi connectivity index (χ3v) is 3.95. The zero-order valence-corrected chi connectivity index (χ0v) is 12.9. The Morgan fingerprint density at radius 3 is 2.63 bits per heavy atom. The molecule has 1 saturated carbocycles. The fourth-order valence-electron chi connectivity index (χ4n) is 2.26. The predicted octanol–water partition coefficient (Wildman–Crippen LogP) is 4.15. The molecule has 1 aliphatic rings. The van der Waals surface area contributed by atoms with Gasteiger partial charge < -0.3 is 9.47 Å². The molecule has 3 atom stereocenters. The van der Waals surface area contributed by atoms with Gasteiger partial charge in [0.2, 0.25) is 0 Å². The molecule has 0 heterocycles. The Morgan fingerprint density at radius 1 is 1.32 bits per heavy atom. The Bertz CT molecular complexity index is 425. The number of alkyl halides is 1. The van der Waals surface area contributed by atoms with E-state index in [0.717, 1.165) is 12.2 Å². The fourth-order valence-corrected chi connectivity index (χ4v) is 2.67. The van der Waals surface area contributed by atoms with Crippen molar-refractivity contribution in [3.05, 3.63) is 29.8 Å². The molecule has 0 amide bonds. The summed E-state index contributed by atoms with van der Waals surface area (Å²) in [5.74, 6) is 0.908. The van der Waals surface area contributed by atoms with Gasteiger partial charge in [-0.05, 0) is 30.0 Å². The topological polar surface area (TPSA) is 18.5 Å². The number of benzene rings is 1. The lowest BCUT2D eigenvalue weighted by Crippen LogP contribution is -2.52. The Labute approximate surface area is 121 Å². The van der Waals surface area contributed by atoms with Crippen LogP contribution in [0.4, 0.5) is 0 Å². The summed E-state index contributed by atoms with van der Waals surface area (Å²) in [5.41, 5.74) is 1.41. The molecule has 1 aromatic rings. The summed E-state index contributed by atoms with van der Waals surface area (Å²) in [7, 11) is 0. The molecule has 19 heavy (non-hydrogen) atoms. The molecule has 0 N–H and O–H groups in total. The van der Waals surface area contributed by atoms with Crippen LogP contribution in [-0.2, 0) is 10.2 Å². The van der Waals surface area contributed by atoms with Crippen molar-refractivity contribution in [2.45, 2.75) is 57.1 Å². The first-order valence-electron chi connectivity index (χ1n) is 6.94. The third-order valence-electron chi connectivity index (χ3n) is 3.53. The highest BCUT2D eigenvalue weighted by molar-refractivity contribution is 6.21. The maximum absolute atomic E-state index is 6.15. The van der Waals surface area contributed by atoms with E-state index in [-0.39, 0.29) is 23.0 Å². The first-order chi connectivity index (χ1) is 8.91. The second-order valence-corrected chi connectivity index (χ2v) is 6.67. The Kier molecular flexibility index (Phi) is 4.42. The lowest BCUT2D eigenvalue weighted by Gasteiger charge is -2.40. The van der Waals surface area contributed by atoms with E-state index in [2.05, 4.69) is 32.9 Å². The lowest BCUT2D eigenvalue weighted by atomic mass is 9.87. The van der Waals surface area contributed by atoms with Gasteiger partial charge in [-0.25, -0.2) is 0 Å². The average molecular weight is 283 g/mol. The molecule has 1 aromatic carbocycles. The summed E-state index contributed by atoms with van der Waals surface area (Å²) < 4.78 is 11.6. The van der Waals surface area contributed by atoms with Crippen LogP contribution < -0.4 is 4.74 Å². The Balaban J connectivity index is 2.04. The highest BCUT2D eigenvalue weighted by Gasteiger charge is 2.42. The number of halogens is 1. The van der Waals surface area contributed by atoms with Crippen LogP contribution in [-0.4, -0.2) is 24.2 Å². The van der Waals surface area contributed by atoms with E-state index in [1.807, 2.05) is 19.1 Å². The molecule has 3 unspecified atom stereocenters. The molecule has 106 valence electrons. The van der Waals surface area contributed by atoms with Crippen molar-refractivity contribution in [1.29, 1.82) is 0 Å². The molecule has 0 aliphatic heterocycles. The Morgan fingerprint density at radius 2 is 2.05 bits per heavy atom. The Hall–Kier alpha value is -0.730. The zero-order valence-electron chi connectivity index (χ0n) is 12.2. The van der Waals surface area contributed by atoms with E-state index in [1.54, 1.807) is 0 Å². The van der Waals surface area contributed by atoms with Crippen molar-refractivity contribution in [1.82, 2.24) is 0 Å². The van der Waals surface area contributed by atoms with Crippen LogP contribution in [0.5, 0.6) is 5.75 Å². The van der Waals surface area contributed by atoms with E-state index < -0.39 is 0 Å². The third kappa shape index (κ3) is 3.43. The standard InChI is InChI=1S/C16H23ClO2/c1-5-18-15-13(17)10-14(15)19-12-8-6-7-11(9-12)16(2,3)4/h6-9,13-15H,5,10H2,1-4H3. The van der Waals surface area contributed by atoms with Gasteiger partial charge in [0.05, 0.1) is 5.38 Å². The fraction of sp³-hybridized carbons (Fsp3) is 0.625. The van der Waals surface area contributed by atoms with Gasteiger partial charge >= 0.3 is 0 Å². The molecule has 3 heteroatoms. The van der Waals surface area contributed by atoms with Crippen LogP contribution in [0, 0.1) is 0 Å². The smallest absolute Gasteiger partial charge is 0.128 e. The van der Waals surface area contributed by atoms with Crippen molar-refractivity contribution in [3.63, 3.8) is 0 Å². The van der Waals surface area contributed by atoms with Gasteiger partial charge in [0, 0.05) is 13.0 Å². The molecule has 0 radical (unpaired) electrons. The molecule has 1 aliphatic carbocycles. The molecule has 0 aromatic heterocycles. The van der Waals surface area contributed by atoms with E-state index in [4.69, 9.17) is 21.1 Å². The van der Waals surface area contributed by atoms with Crippen LogP contribution in [0.1, 0.15) is 39.7 Å². The first kappa shape index (κ1) is 14.7. The number of rotatable bonds is 4. The highest BCUT2D eigenvalue weighted by Crippen LogP contribution is 2.34. The number of hydrogen-bond acceptors (Lipinski definition) is 2. The molecular weight excluding hydrogens is 260 g/mol. The molecule has 0 spiro atoms. The summed E-state index contributed by atoms with van der Waals surface area (Å²) in [6.07, 6.45) is 0.953. The molecule has 2 rings (SSSR count). The predicted molar refractivity (Wildman–Crippen MR) is 79.2 cm³/mol. The van der Waals surface area contributed by atoms with Gasteiger partial charge in [0.15, 0.2) is 0 Å². The normalized spacial score (nSPS) is 26.9. The minimum absolute atomic E-state index is 0.0185. The van der Waals surface area contributed by atoms with Crippen LogP contribution in [0.2, 0.25) is 0 Å². The lowest BCUT2D eigenvalue weighted by molar-refractivity contribution is -0.0760. The number of hydrogen-bond donors (Lipinski definition) is 0. The summed E-state index contributed by atoms with van der Waals surface area (Å²) in [4.78, 5) is 0. The van der Waals surface area contributed by atoms with Gasteiger partial charge in [-0.15, -0.1) is 11.6 Å². The van der Waals surface area contributed by atoms with Crippen molar-refractivity contribution in [2.75, 3.05) is 6.61 Å². The van der Waals surface area contributed by atoms with E-state index in [9.17, 15) is 0 Å². The minimum Gasteiger partial charge on any atom is -0.488 e. The quantitative estimate of drug-likeness (QED) is 0.773. The zero-order chi connectivity index (χ0) is 14.0. The van der Waals surface area contributed by atoms with Gasteiger partial charge in [-0.3, -0.25) is 0 Å². The molecular formula is C16H23ClO2. The van der Waals surface area contributed by atoms with E-state index in [0.29, 0.717) is 6.61 Å². The highest BCUT2D eigenvalue weighted by atomic mass is 35.5. The largest absolute Gasteiger partial charge is 0.488 e. The second-order valence-electron chi connectivity index (χ2n) is 6.11. The average Bonchev–Trinajstić information content (AvgIpc) is 2.35. The van der Waals surface area contributed by atoms with Gasteiger partial charge in [0.25, 0.3) is 0 Å². The molecule has 1 fully saturated rings. The van der Waals surface area contributed by atoms with Crippen LogP contribution >= 0.6 is 11.6 Å². The summed E-state index contributed by atoms with van der Waals surface area (Å²) in [5, 5.41) is 0.0794. The maximum atomic E-state index is 6.15. The molecule has 2 nitrogen and oxygen atoms in total. The summed E-state index contributed by atoms with van der Waals surface area (Å²) in [6.45, 7) is 9.27. The maximum Gasteiger partial charge on any atom is 0.128 e. The van der Waals surface area contributed by atoms with Crippen LogP contribution in [0.3, 0.4) is 0 Å². The van der Waals surface area contributed by atoms with E-state index >= 15 is 0 Å². The summed E-state index contributed by atoms with van der Waals surface area (Å²) >= 11 is 6.15. The second kappa shape index (κ2) is 5.72. The summed E-state index contributed by atoms with van der Waals surface area (Å²) in [6, 6.07) is 8.30. The van der Waals surface area contributed by atoms with Crippen molar-refractivity contribution < 1.29 is 9.47 Å². The minimum atomic E-state index is 0.0185. The molecule has 0 bridgehead atoms. The van der Waals surface area contributed by atoms with E-state index in [1.165, 1.54) is 5.56 Å². The van der Waals surface area contributed by atoms with Gasteiger partial charge in [-0.1, -0.05) is 32.9 Å². The van der Waals surface area contributed by atoms with Gasteiger partial charge in [-0.2, -0.15) is 0 Å². The monoisotopic (exact) mass is 282 g/mol.